The standard InChI is InChI=1S/C13H14N2O5S/c1-2-13(14-15-16)20-11-5-3-10-8-12(21(17,18)19)6-4-9(10)7-11/h3-8,13H,2H2,1H3,(H,14,16)(H,17,18,19). The lowest BCUT2D eigenvalue weighted by molar-refractivity contribution is 0.161. The SMILES string of the molecule is CCC(NN=O)Oc1ccc2cc(S(=O)(=O)O)ccc2c1. The fraction of sp³-hybridized carbons (Fsp3) is 0.231. The highest BCUT2D eigenvalue weighted by Gasteiger charge is 2.11. The van der Waals surface area contributed by atoms with Gasteiger partial charge in [0.25, 0.3) is 10.1 Å². The molecule has 0 radical (unpaired) electrons. The summed E-state index contributed by atoms with van der Waals surface area (Å²) in [6.45, 7) is 1.84. The lowest BCUT2D eigenvalue weighted by Crippen LogP contribution is -2.29. The molecule has 21 heavy (non-hydrogen) atoms. The molecule has 112 valence electrons. The van der Waals surface area contributed by atoms with Crippen LogP contribution in [0.15, 0.2) is 46.6 Å². The van der Waals surface area contributed by atoms with Crippen molar-refractivity contribution in [2.75, 3.05) is 0 Å². The van der Waals surface area contributed by atoms with Gasteiger partial charge in [-0.3, -0.25) is 4.55 Å². The minimum Gasteiger partial charge on any atom is -0.469 e. The van der Waals surface area contributed by atoms with Gasteiger partial charge in [-0.15, -0.1) is 4.91 Å². The molecule has 8 heteroatoms. The largest absolute Gasteiger partial charge is 0.469 e. The minimum atomic E-state index is -4.22. The Kier molecular flexibility index (Phi) is 4.39. The second-order valence-corrected chi connectivity index (χ2v) is 5.80. The van der Waals surface area contributed by atoms with Crippen LogP contribution in [0.4, 0.5) is 0 Å². The summed E-state index contributed by atoms with van der Waals surface area (Å²) in [5.41, 5.74) is 2.29. The van der Waals surface area contributed by atoms with Crippen LogP contribution in [0.25, 0.3) is 10.8 Å². The van der Waals surface area contributed by atoms with Gasteiger partial charge in [-0.05, 0) is 35.0 Å². The summed E-state index contributed by atoms with van der Waals surface area (Å²) in [5, 5.41) is 3.97. The normalized spacial score (nSPS) is 12.9. The Hall–Kier alpha value is -2.19. The molecule has 0 aliphatic carbocycles. The molecule has 1 unspecified atom stereocenters. The van der Waals surface area contributed by atoms with Crippen molar-refractivity contribution >= 4 is 20.9 Å². The molecule has 0 aliphatic rings. The van der Waals surface area contributed by atoms with Gasteiger partial charge in [-0.1, -0.05) is 19.1 Å². The second kappa shape index (κ2) is 6.06. The summed E-state index contributed by atoms with van der Waals surface area (Å²) in [4.78, 5) is 10.0. The number of hydrogen-bond acceptors (Lipinski definition) is 5. The van der Waals surface area contributed by atoms with Crippen molar-refractivity contribution in [3.8, 4) is 5.75 Å². The molecular weight excluding hydrogens is 296 g/mol. The van der Waals surface area contributed by atoms with Crippen LogP contribution in [0.3, 0.4) is 0 Å². The van der Waals surface area contributed by atoms with Crippen molar-refractivity contribution in [2.24, 2.45) is 5.29 Å². The Balaban J connectivity index is 2.32. The van der Waals surface area contributed by atoms with Crippen molar-refractivity contribution in [2.45, 2.75) is 24.5 Å². The smallest absolute Gasteiger partial charge is 0.294 e. The van der Waals surface area contributed by atoms with Gasteiger partial charge in [0.15, 0.2) is 6.23 Å². The highest BCUT2D eigenvalue weighted by atomic mass is 32.2. The van der Waals surface area contributed by atoms with E-state index in [4.69, 9.17) is 9.29 Å². The molecule has 0 saturated heterocycles. The molecule has 2 N–H and O–H groups in total. The highest BCUT2D eigenvalue weighted by Crippen LogP contribution is 2.24. The van der Waals surface area contributed by atoms with Crippen LogP contribution in [0.5, 0.6) is 5.75 Å². The van der Waals surface area contributed by atoms with Gasteiger partial charge < -0.3 is 4.74 Å². The number of fused-ring (bicyclic) bond motifs is 1. The number of nitroso groups, excluding NO2 is 1. The van der Waals surface area contributed by atoms with Crippen LogP contribution < -0.4 is 10.2 Å². The predicted octanol–water partition coefficient (Wildman–Crippen LogP) is 2.47. The van der Waals surface area contributed by atoms with Crippen molar-refractivity contribution < 1.29 is 17.7 Å². The Morgan fingerprint density at radius 2 is 1.90 bits per heavy atom. The average molecular weight is 310 g/mol. The highest BCUT2D eigenvalue weighted by molar-refractivity contribution is 7.85. The second-order valence-electron chi connectivity index (χ2n) is 4.38. The van der Waals surface area contributed by atoms with Gasteiger partial charge in [0.05, 0.1) is 10.2 Å². The molecule has 2 aromatic rings. The molecule has 0 bridgehead atoms. The number of hydrogen-bond donors (Lipinski definition) is 2. The Morgan fingerprint density at radius 3 is 2.52 bits per heavy atom. The van der Waals surface area contributed by atoms with E-state index in [9.17, 15) is 13.3 Å². The quantitative estimate of drug-likeness (QED) is 0.367. The summed E-state index contributed by atoms with van der Waals surface area (Å²) in [6, 6.07) is 9.27. The molecule has 2 aromatic carbocycles. The van der Waals surface area contributed by atoms with Crippen LogP contribution in [0.2, 0.25) is 0 Å². The van der Waals surface area contributed by atoms with Gasteiger partial charge in [0.2, 0.25) is 0 Å². The maximum Gasteiger partial charge on any atom is 0.294 e. The van der Waals surface area contributed by atoms with E-state index in [2.05, 4.69) is 10.7 Å². The van der Waals surface area contributed by atoms with Crippen molar-refractivity contribution in [1.29, 1.82) is 0 Å². The van der Waals surface area contributed by atoms with E-state index in [-0.39, 0.29) is 4.90 Å². The molecule has 7 nitrogen and oxygen atoms in total. The third-order valence-electron chi connectivity index (χ3n) is 2.93. The first kappa shape index (κ1) is 15.2. The van der Waals surface area contributed by atoms with Crippen LogP contribution in [0, 0.1) is 4.91 Å². The predicted molar refractivity (Wildman–Crippen MR) is 77.4 cm³/mol. The zero-order valence-corrected chi connectivity index (χ0v) is 12.0. The fourth-order valence-electron chi connectivity index (χ4n) is 1.86. The zero-order chi connectivity index (χ0) is 15.5. The van der Waals surface area contributed by atoms with Crippen LogP contribution >= 0.6 is 0 Å². The number of nitrogens with one attached hydrogen (secondary N) is 1. The Bertz CT molecular complexity index is 760. The third kappa shape index (κ3) is 3.67. The van der Waals surface area contributed by atoms with Gasteiger partial charge in [0, 0.05) is 6.42 Å². The van der Waals surface area contributed by atoms with Crippen LogP contribution in [0.1, 0.15) is 13.3 Å². The number of benzene rings is 2. The molecule has 0 fully saturated rings. The summed E-state index contributed by atoms with van der Waals surface area (Å²) in [6.07, 6.45) is 0.0166. The molecule has 0 saturated carbocycles. The topological polar surface area (TPSA) is 105 Å². The van der Waals surface area contributed by atoms with E-state index in [1.807, 2.05) is 6.92 Å². The number of nitrogens with zero attached hydrogens (tertiary/aromatic N) is 1. The molecule has 0 spiro atoms. The monoisotopic (exact) mass is 310 g/mol. The molecule has 1 atom stereocenters. The molecule has 0 aliphatic heterocycles. The van der Waals surface area contributed by atoms with Crippen molar-refractivity contribution in [3.05, 3.63) is 41.3 Å². The molecular formula is C13H14N2O5S. The maximum absolute atomic E-state index is 11.1. The van der Waals surface area contributed by atoms with Crippen LogP contribution in [-0.2, 0) is 10.1 Å². The van der Waals surface area contributed by atoms with E-state index in [1.165, 1.54) is 12.1 Å². The first-order valence-electron chi connectivity index (χ1n) is 6.20. The maximum atomic E-state index is 11.1. The lowest BCUT2D eigenvalue weighted by atomic mass is 10.1. The number of rotatable bonds is 6. The summed E-state index contributed by atoms with van der Waals surface area (Å²) in [5.74, 6) is 0.519. The van der Waals surface area contributed by atoms with Crippen LogP contribution in [-0.4, -0.2) is 19.2 Å². The van der Waals surface area contributed by atoms with Gasteiger partial charge in [0.1, 0.15) is 5.75 Å². The van der Waals surface area contributed by atoms with E-state index in [1.54, 1.807) is 24.3 Å². The van der Waals surface area contributed by atoms with E-state index in [0.717, 1.165) is 5.39 Å². The first-order valence-corrected chi connectivity index (χ1v) is 7.64. The van der Waals surface area contributed by atoms with Gasteiger partial charge in [-0.2, -0.15) is 8.42 Å². The Morgan fingerprint density at radius 1 is 1.24 bits per heavy atom. The fourth-order valence-corrected chi connectivity index (χ4v) is 2.38. The number of ether oxygens (including phenoxy) is 1. The van der Waals surface area contributed by atoms with Gasteiger partial charge >= 0.3 is 0 Å². The summed E-state index contributed by atoms with van der Waals surface area (Å²) >= 11 is 0. The molecule has 2 rings (SSSR count). The Labute approximate surface area is 121 Å². The summed E-state index contributed by atoms with van der Waals surface area (Å²) in [7, 11) is -4.22. The third-order valence-corrected chi connectivity index (χ3v) is 3.78. The van der Waals surface area contributed by atoms with Crippen molar-refractivity contribution in [3.63, 3.8) is 0 Å². The summed E-state index contributed by atoms with van der Waals surface area (Å²) < 4.78 is 36.7. The molecule has 0 aromatic heterocycles. The zero-order valence-electron chi connectivity index (χ0n) is 11.2. The van der Waals surface area contributed by atoms with E-state index < -0.39 is 16.3 Å². The average Bonchev–Trinajstić information content (AvgIpc) is 2.45. The van der Waals surface area contributed by atoms with E-state index in [0.29, 0.717) is 17.6 Å². The van der Waals surface area contributed by atoms with E-state index >= 15 is 0 Å². The lowest BCUT2D eigenvalue weighted by Gasteiger charge is -2.15. The molecule has 0 amide bonds. The minimum absolute atomic E-state index is 0.165. The van der Waals surface area contributed by atoms with Crippen molar-refractivity contribution in [1.82, 2.24) is 5.43 Å². The first-order chi connectivity index (χ1) is 9.94. The van der Waals surface area contributed by atoms with Gasteiger partial charge in [-0.25, -0.2) is 5.43 Å². The molecule has 0 heterocycles.